The highest BCUT2D eigenvalue weighted by Gasteiger charge is 2.37. The van der Waals surface area contributed by atoms with Crippen LogP contribution in [0.25, 0.3) is 10.8 Å². The summed E-state index contributed by atoms with van der Waals surface area (Å²) in [4.78, 5) is 36.1. The zero-order valence-electron chi connectivity index (χ0n) is 27.4. The molecule has 4 aromatic rings. The molecule has 1 saturated heterocycles. The maximum absolute atomic E-state index is 14.0. The Morgan fingerprint density at radius 2 is 1.49 bits per heavy atom. The van der Waals surface area contributed by atoms with Gasteiger partial charge in [0.15, 0.2) is 0 Å². The molecular formula is C38H48N4O3. The van der Waals surface area contributed by atoms with Crippen LogP contribution in [0.1, 0.15) is 75.0 Å². The predicted molar refractivity (Wildman–Crippen MR) is 182 cm³/mol. The molecule has 1 N–H and O–H groups in total. The molecule has 2 unspecified atom stereocenters. The number of hydrogen-bond acceptors (Lipinski definition) is 5. The van der Waals surface area contributed by atoms with Crippen molar-refractivity contribution in [2.45, 2.75) is 71.7 Å². The average molecular weight is 609 g/mol. The molecule has 0 radical (unpaired) electrons. The maximum atomic E-state index is 14.0. The molecule has 238 valence electrons. The molecule has 0 bridgehead atoms. The van der Waals surface area contributed by atoms with Gasteiger partial charge in [-0.3, -0.25) is 19.5 Å². The van der Waals surface area contributed by atoms with Crippen LogP contribution in [-0.2, 0) is 9.53 Å². The number of hydrogen-bond donors (Lipinski definition) is 1. The Labute approximate surface area is 268 Å². The van der Waals surface area contributed by atoms with Crippen LogP contribution in [0.4, 0.5) is 0 Å². The molecular weight excluding hydrogens is 560 g/mol. The van der Waals surface area contributed by atoms with Gasteiger partial charge in [-0.2, -0.15) is 0 Å². The molecule has 0 spiro atoms. The monoisotopic (exact) mass is 608 g/mol. The second-order valence-corrected chi connectivity index (χ2v) is 11.7. The van der Waals surface area contributed by atoms with E-state index in [0.29, 0.717) is 31.8 Å². The first-order valence-electron chi connectivity index (χ1n) is 16.3. The Balaban J connectivity index is 0.00000226. The number of carbonyl (C=O) groups excluding carboxylic acids is 2. The lowest BCUT2D eigenvalue weighted by molar-refractivity contribution is -0.123. The number of ether oxygens (including phenoxy) is 1. The van der Waals surface area contributed by atoms with Crippen molar-refractivity contribution in [1.82, 2.24) is 20.1 Å². The third-order valence-electron chi connectivity index (χ3n) is 8.11. The third kappa shape index (κ3) is 8.99. The van der Waals surface area contributed by atoms with E-state index in [0.717, 1.165) is 28.3 Å². The van der Waals surface area contributed by atoms with Crippen molar-refractivity contribution in [2.24, 2.45) is 0 Å². The number of carbonyl (C=O) groups is 2. The van der Waals surface area contributed by atoms with Crippen LogP contribution in [0.2, 0.25) is 0 Å². The van der Waals surface area contributed by atoms with Gasteiger partial charge in [0.05, 0.1) is 17.7 Å². The number of fused-ring (bicyclic) bond motifs is 1. The second kappa shape index (κ2) is 16.8. The topological polar surface area (TPSA) is 74.8 Å². The molecule has 1 fully saturated rings. The van der Waals surface area contributed by atoms with Gasteiger partial charge in [0.25, 0.3) is 5.91 Å². The van der Waals surface area contributed by atoms with Gasteiger partial charge in [0, 0.05) is 62.5 Å². The van der Waals surface area contributed by atoms with Crippen LogP contribution >= 0.6 is 0 Å². The fourth-order valence-corrected chi connectivity index (χ4v) is 5.98. The van der Waals surface area contributed by atoms with Gasteiger partial charge in [0.1, 0.15) is 0 Å². The highest BCUT2D eigenvalue weighted by atomic mass is 16.5. The minimum absolute atomic E-state index is 0.0122. The standard InChI is InChI=1S/C36H42N4O3.C2H6/c1-26(2)43-21-18-27(3)38-34(41)22-31-25-39(36(42)33-24-37-23-30-16-10-11-17-32(30)33)19-20-40(31)35(28-12-6-4-7-13-28)29-14-8-5-9-15-29;1-2/h4-17,23-24,26-27,31,35H,18-22,25H2,1-3H3,(H,38,41);1-2H3. The van der Waals surface area contributed by atoms with E-state index in [1.807, 2.05) is 75.9 Å². The summed E-state index contributed by atoms with van der Waals surface area (Å²) in [5.41, 5.74) is 2.92. The normalized spacial score (nSPS) is 15.9. The van der Waals surface area contributed by atoms with E-state index in [4.69, 9.17) is 4.74 Å². The third-order valence-corrected chi connectivity index (χ3v) is 8.11. The quantitative estimate of drug-likeness (QED) is 0.201. The molecule has 5 rings (SSSR count). The molecule has 1 aliphatic rings. The molecule has 7 heteroatoms. The maximum Gasteiger partial charge on any atom is 0.256 e. The lowest BCUT2D eigenvalue weighted by Crippen LogP contribution is -2.57. The van der Waals surface area contributed by atoms with E-state index in [1.165, 1.54) is 0 Å². The van der Waals surface area contributed by atoms with Gasteiger partial charge in [-0.1, -0.05) is 98.8 Å². The van der Waals surface area contributed by atoms with E-state index in [2.05, 4.69) is 63.7 Å². The van der Waals surface area contributed by atoms with E-state index in [9.17, 15) is 9.59 Å². The van der Waals surface area contributed by atoms with Crippen LogP contribution in [0.3, 0.4) is 0 Å². The van der Waals surface area contributed by atoms with Gasteiger partial charge in [-0.25, -0.2) is 0 Å². The van der Waals surface area contributed by atoms with E-state index >= 15 is 0 Å². The Kier molecular flexibility index (Phi) is 12.7. The lowest BCUT2D eigenvalue weighted by Gasteiger charge is -2.45. The predicted octanol–water partition coefficient (Wildman–Crippen LogP) is 6.89. The Morgan fingerprint density at radius 1 is 0.867 bits per heavy atom. The summed E-state index contributed by atoms with van der Waals surface area (Å²) in [5, 5.41) is 5.01. The summed E-state index contributed by atoms with van der Waals surface area (Å²) in [6.07, 6.45) is 4.63. The Bertz CT molecular complexity index is 1450. The minimum atomic E-state index is -0.190. The number of amides is 2. The van der Waals surface area contributed by atoms with E-state index < -0.39 is 0 Å². The van der Waals surface area contributed by atoms with Gasteiger partial charge in [-0.15, -0.1) is 0 Å². The van der Waals surface area contributed by atoms with Gasteiger partial charge < -0.3 is 15.0 Å². The smallest absolute Gasteiger partial charge is 0.256 e. The van der Waals surface area contributed by atoms with Crippen molar-refractivity contribution < 1.29 is 14.3 Å². The Hall–Kier alpha value is -4.07. The van der Waals surface area contributed by atoms with Crippen molar-refractivity contribution >= 4 is 22.6 Å². The molecule has 3 aromatic carbocycles. The van der Waals surface area contributed by atoms with Gasteiger partial charge >= 0.3 is 0 Å². The van der Waals surface area contributed by atoms with Crippen LogP contribution < -0.4 is 5.32 Å². The highest BCUT2D eigenvalue weighted by Crippen LogP contribution is 2.33. The van der Waals surface area contributed by atoms with Gasteiger partial charge in [-0.05, 0) is 43.7 Å². The summed E-state index contributed by atoms with van der Waals surface area (Å²) >= 11 is 0. The molecule has 0 aliphatic carbocycles. The fourth-order valence-electron chi connectivity index (χ4n) is 5.98. The second-order valence-electron chi connectivity index (χ2n) is 11.7. The summed E-state index contributed by atoms with van der Waals surface area (Å²) in [6.45, 7) is 12.3. The van der Waals surface area contributed by atoms with E-state index in [-0.39, 0.29) is 42.5 Å². The number of benzene rings is 3. The number of nitrogens with one attached hydrogen (secondary N) is 1. The molecule has 1 aromatic heterocycles. The summed E-state index contributed by atoms with van der Waals surface area (Å²) in [5.74, 6) is -0.0717. The number of rotatable bonds is 11. The van der Waals surface area contributed by atoms with Crippen molar-refractivity contribution in [2.75, 3.05) is 26.2 Å². The highest BCUT2D eigenvalue weighted by molar-refractivity contribution is 6.06. The van der Waals surface area contributed by atoms with Gasteiger partial charge in [0.2, 0.25) is 5.91 Å². The van der Waals surface area contributed by atoms with E-state index in [1.54, 1.807) is 12.4 Å². The Morgan fingerprint density at radius 3 is 2.13 bits per heavy atom. The average Bonchev–Trinajstić information content (AvgIpc) is 3.06. The largest absolute Gasteiger partial charge is 0.379 e. The van der Waals surface area contributed by atoms with Crippen LogP contribution in [0.5, 0.6) is 0 Å². The zero-order chi connectivity index (χ0) is 32.2. The number of piperazine rings is 1. The van der Waals surface area contributed by atoms with Crippen molar-refractivity contribution in [3.63, 3.8) is 0 Å². The fraction of sp³-hybridized carbons (Fsp3) is 0.395. The molecule has 2 atom stereocenters. The number of pyridine rings is 1. The first-order chi connectivity index (χ1) is 21.9. The summed E-state index contributed by atoms with van der Waals surface area (Å²) in [6, 6.07) is 28.4. The molecule has 1 aliphatic heterocycles. The summed E-state index contributed by atoms with van der Waals surface area (Å²) < 4.78 is 5.69. The van der Waals surface area contributed by atoms with Crippen LogP contribution in [-0.4, -0.2) is 71.0 Å². The minimum Gasteiger partial charge on any atom is -0.379 e. The summed E-state index contributed by atoms with van der Waals surface area (Å²) in [7, 11) is 0. The first kappa shape index (κ1) is 33.8. The molecule has 0 saturated carbocycles. The van der Waals surface area contributed by atoms with Crippen molar-refractivity contribution in [3.8, 4) is 0 Å². The molecule has 2 heterocycles. The molecule has 45 heavy (non-hydrogen) atoms. The van der Waals surface area contributed by atoms with Crippen LogP contribution in [0.15, 0.2) is 97.3 Å². The molecule has 7 nitrogen and oxygen atoms in total. The van der Waals surface area contributed by atoms with Crippen molar-refractivity contribution in [1.29, 1.82) is 0 Å². The van der Waals surface area contributed by atoms with Crippen molar-refractivity contribution in [3.05, 3.63) is 114 Å². The molecule has 2 amide bonds. The lowest BCUT2D eigenvalue weighted by atomic mass is 9.93. The zero-order valence-corrected chi connectivity index (χ0v) is 27.4. The van der Waals surface area contributed by atoms with Crippen LogP contribution in [0, 0.1) is 0 Å². The number of nitrogens with zero attached hydrogens (tertiary/aromatic N) is 3. The first-order valence-corrected chi connectivity index (χ1v) is 16.3. The number of aromatic nitrogens is 1. The SMILES string of the molecule is CC.CC(CCOC(C)C)NC(=O)CC1CN(C(=O)c2cncc3ccccc23)CCN1C(c1ccccc1)c1ccccc1.